The second kappa shape index (κ2) is 7.43. The van der Waals surface area contributed by atoms with Crippen LogP contribution in [0.5, 0.6) is 0 Å². The third-order valence-corrected chi connectivity index (χ3v) is 6.03. The van der Waals surface area contributed by atoms with Gasteiger partial charge in [-0.05, 0) is 48.0 Å². The minimum atomic E-state index is -0.936. The molecule has 2 aliphatic heterocycles. The van der Waals surface area contributed by atoms with Gasteiger partial charge in [-0.15, -0.1) is 0 Å². The first-order valence-electron chi connectivity index (χ1n) is 9.45. The first-order chi connectivity index (χ1) is 14.6. The molecule has 0 radical (unpaired) electrons. The van der Waals surface area contributed by atoms with E-state index in [9.17, 15) is 9.59 Å². The lowest BCUT2D eigenvalue weighted by molar-refractivity contribution is -0.126. The normalized spacial score (nSPS) is 23.2. The molecule has 3 aromatic carbocycles. The Morgan fingerprint density at radius 3 is 2.10 bits per heavy atom. The van der Waals surface area contributed by atoms with Gasteiger partial charge in [0.15, 0.2) is 6.10 Å². The van der Waals surface area contributed by atoms with E-state index < -0.39 is 24.0 Å². The van der Waals surface area contributed by atoms with E-state index in [1.54, 1.807) is 35.4 Å². The number of hydroxylamine groups is 1. The van der Waals surface area contributed by atoms with Crippen LogP contribution >= 0.6 is 23.2 Å². The predicted octanol–water partition coefficient (Wildman–Crippen LogP) is 5.04. The molecule has 0 aromatic heterocycles. The standard InChI is InChI=1S/C23H16Cl2N2O3/c24-14-10-12-15(13-11-14)26-22(28)19-20(17-8-4-5-9-18(17)25)27(30-21(19)23(26)29)16-6-2-1-3-7-16/h1-13,19-21H/t19-,20-,21-/m1/s1. The molecule has 2 fully saturated rings. The number of fused-ring (bicyclic) bond motifs is 1. The van der Waals surface area contributed by atoms with Crippen molar-refractivity contribution in [3.8, 4) is 0 Å². The van der Waals surface area contributed by atoms with E-state index in [1.165, 1.54) is 4.90 Å². The number of carbonyl (C=O) groups is 2. The molecule has 150 valence electrons. The van der Waals surface area contributed by atoms with Gasteiger partial charge in [0, 0.05) is 10.0 Å². The number of para-hydroxylation sites is 1. The number of amides is 2. The maximum Gasteiger partial charge on any atom is 0.266 e. The maximum absolute atomic E-state index is 13.5. The first-order valence-corrected chi connectivity index (χ1v) is 10.2. The minimum absolute atomic E-state index is 0.323. The molecular weight excluding hydrogens is 423 g/mol. The number of anilines is 2. The molecule has 30 heavy (non-hydrogen) atoms. The fourth-order valence-electron chi connectivity index (χ4n) is 4.09. The molecule has 0 bridgehead atoms. The molecule has 0 N–H and O–H groups in total. The molecule has 2 heterocycles. The van der Waals surface area contributed by atoms with Crippen LogP contribution in [0.1, 0.15) is 11.6 Å². The highest BCUT2D eigenvalue weighted by Crippen LogP contribution is 2.48. The fraction of sp³-hybridized carbons (Fsp3) is 0.130. The van der Waals surface area contributed by atoms with Gasteiger partial charge in [-0.25, -0.2) is 9.96 Å². The summed E-state index contributed by atoms with van der Waals surface area (Å²) in [5.41, 5.74) is 1.95. The lowest BCUT2D eigenvalue weighted by Gasteiger charge is -2.29. The van der Waals surface area contributed by atoms with Gasteiger partial charge in [-0.1, -0.05) is 59.6 Å². The van der Waals surface area contributed by atoms with E-state index in [1.807, 2.05) is 48.5 Å². The minimum Gasteiger partial charge on any atom is -0.273 e. The largest absolute Gasteiger partial charge is 0.273 e. The van der Waals surface area contributed by atoms with E-state index in [0.717, 1.165) is 11.3 Å². The lowest BCUT2D eigenvalue weighted by atomic mass is 9.90. The maximum atomic E-state index is 13.5. The van der Waals surface area contributed by atoms with Crippen molar-refractivity contribution in [3.05, 3.63) is 94.5 Å². The van der Waals surface area contributed by atoms with E-state index >= 15 is 0 Å². The second-order valence-corrected chi connectivity index (χ2v) is 8.01. The second-order valence-electron chi connectivity index (χ2n) is 7.17. The average Bonchev–Trinajstić information content (AvgIpc) is 3.26. The number of nitrogens with zero attached hydrogens (tertiary/aromatic N) is 2. The summed E-state index contributed by atoms with van der Waals surface area (Å²) in [4.78, 5) is 34.0. The van der Waals surface area contributed by atoms with Crippen LogP contribution < -0.4 is 9.96 Å². The number of rotatable bonds is 3. The Hall–Kier alpha value is -2.86. The van der Waals surface area contributed by atoms with Gasteiger partial charge in [0.25, 0.3) is 5.91 Å². The molecule has 0 saturated carbocycles. The number of imide groups is 1. The topological polar surface area (TPSA) is 49.9 Å². The Bertz CT molecular complexity index is 1120. The van der Waals surface area contributed by atoms with E-state index in [0.29, 0.717) is 15.7 Å². The molecule has 5 rings (SSSR count). The van der Waals surface area contributed by atoms with Crippen LogP contribution in [0.3, 0.4) is 0 Å². The van der Waals surface area contributed by atoms with Gasteiger partial charge >= 0.3 is 0 Å². The molecule has 2 amide bonds. The Morgan fingerprint density at radius 1 is 0.733 bits per heavy atom. The molecule has 0 unspecified atom stereocenters. The molecule has 0 aliphatic carbocycles. The predicted molar refractivity (Wildman–Crippen MR) is 115 cm³/mol. The van der Waals surface area contributed by atoms with Crippen LogP contribution in [-0.4, -0.2) is 17.9 Å². The van der Waals surface area contributed by atoms with E-state index in [2.05, 4.69) is 0 Å². The van der Waals surface area contributed by atoms with Crippen molar-refractivity contribution < 1.29 is 14.4 Å². The van der Waals surface area contributed by atoms with Crippen LogP contribution in [0.4, 0.5) is 11.4 Å². The van der Waals surface area contributed by atoms with Gasteiger partial charge in [-0.2, -0.15) is 0 Å². The summed E-state index contributed by atoms with van der Waals surface area (Å²) in [5.74, 6) is -1.45. The summed E-state index contributed by atoms with van der Waals surface area (Å²) in [7, 11) is 0. The first kappa shape index (κ1) is 19.1. The van der Waals surface area contributed by atoms with Gasteiger partial charge in [0.2, 0.25) is 5.91 Å². The molecule has 5 nitrogen and oxygen atoms in total. The third kappa shape index (κ3) is 2.98. The van der Waals surface area contributed by atoms with Crippen LogP contribution in [0.25, 0.3) is 0 Å². The Balaban J connectivity index is 1.60. The summed E-state index contributed by atoms with van der Waals surface area (Å²) >= 11 is 12.5. The van der Waals surface area contributed by atoms with Crippen molar-refractivity contribution in [1.82, 2.24) is 0 Å². The smallest absolute Gasteiger partial charge is 0.266 e. The van der Waals surface area contributed by atoms with Gasteiger partial charge < -0.3 is 0 Å². The zero-order valence-electron chi connectivity index (χ0n) is 15.6. The van der Waals surface area contributed by atoms with Crippen LogP contribution in [0.2, 0.25) is 10.0 Å². The summed E-state index contributed by atoms with van der Waals surface area (Å²) < 4.78 is 0. The summed E-state index contributed by atoms with van der Waals surface area (Å²) in [6, 6.07) is 22.8. The van der Waals surface area contributed by atoms with Crippen LogP contribution in [0.15, 0.2) is 78.9 Å². The number of carbonyl (C=O) groups excluding carboxylic acids is 2. The molecule has 7 heteroatoms. The average molecular weight is 439 g/mol. The van der Waals surface area contributed by atoms with Crippen molar-refractivity contribution >= 4 is 46.4 Å². The van der Waals surface area contributed by atoms with Gasteiger partial charge in [0.05, 0.1) is 17.4 Å². The van der Waals surface area contributed by atoms with Crippen molar-refractivity contribution in [2.45, 2.75) is 12.1 Å². The molecule has 0 spiro atoms. The van der Waals surface area contributed by atoms with Crippen molar-refractivity contribution in [2.75, 3.05) is 9.96 Å². The van der Waals surface area contributed by atoms with E-state index in [-0.39, 0.29) is 5.91 Å². The fourth-order valence-corrected chi connectivity index (χ4v) is 4.46. The van der Waals surface area contributed by atoms with Crippen LogP contribution in [-0.2, 0) is 14.4 Å². The SMILES string of the molecule is O=C1[C@@H]2[C@@H](c3ccccc3Cl)N(c3ccccc3)O[C@H]2C(=O)N1c1ccc(Cl)cc1. The summed E-state index contributed by atoms with van der Waals surface area (Å²) in [6.07, 6.45) is -0.936. The third-order valence-electron chi connectivity index (χ3n) is 5.43. The van der Waals surface area contributed by atoms with Crippen molar-refractivity contribution in [3.63, 3.8) is 0 Å². The molecule has 2 saturated heterocycles. The Kier molecular flexibility index (Phi) is 4.74. The monoisotopic (exact) mass is 438 g/mol. The zero-order valence-corrected chi connectivity index (χ0v) is 17.1. The lowest BCUT2D eigenvalue weighted by Crippen LogP contribution is -2.37. The van der Waals surface area contributed by atoms with Crippen molar-refractivity contribution in [1.29, 1.82) is 0 Å². The molecule has 2 aliphatic rings. The Labute approximate surface area is 183 Å². The number of halogens is 2. The molecule has 3 aromatic rings. The number of benzene rings is 3. The van der Waals surface area contributed by atoms with Crippen LogP contribution in [0, 0.1) is 5.92 Å². The number of hydrogen-bond donors (Lipinski definition) is 0. The van der Waals surface area contributed by atoms with Crippen molar-refractivity contribution in [2.24, 2.45) is 5.92 Å². The van der Waals surface area contributed by atoms with Gasteiger partial charge in [0.1, 0.15) is 5.92 Å². The van der Waals surface area contributed by atoms with E-state index in [4.69, 9.17) is 28.0 Å². The quantitative estimate of drug-likeness (QED) is 0.537. The zero-order chi connectivity index (χ0) is 20.8. The highest BCUT2D eigenvalue weighted by atomic mass is 35.5. The molecule has 3 atom stereocenters. The highest BCUT2D eigenvalue weighted by Gasteiger charge is 2.60. The highest BCUT2D eigenvalue weighted by molar-refractivity contribution is 6.32. The summed E-state index contributed by atoms with van der Waals surface area (Å²) in [6.45, 7) is 0. The molecular formula is C23H16Cl2N2O3. The summed E-state index contributed by atoms with van der Waals surface area (Å²) in [5, 5.41) is 2.67. The van der Waals surface area contributed by atoms with Gasteiger partial charge in [-0.3, -0.25) is 14.4 Å². The Morgan fingerprint density at radius 2 is 1.40 bits per heavy atom. The number of hydrogen-bond acceptors (Lipinski definition) is 4.